The van der Waals surface area contributed by atoms with Crippen LogP contribution in [0.3, 0.4) is 0 Å². The summed E-state index contributed by atoms with van der Waals surface area (Å²) in [6.45, 7) is 4.13. The quantitative estimate of drug-likeness (QED) is 0.655. The van der Waals surface area contributed by atoms with E-state index in [9.17, 15) is 13.2 Å². The molecule has 14 heavy (non-hydrogen) atoms. The normalized spacial score (nSPS) is 14.4. The topological polar surface area (TPSA) is 21.3 Å². The van der Waals surface area contributed by atoms with Crippen molar-refractivity contribution in [2.75, 3.05) is 19.8 Å². The number of rotatable bonds is 7. The van der Waals surface area contributed by atoms with Crippen LogP contribution < -0.4 is 5.32 Å². The second-order valence-corrected chi connectivity index (χ2v) is 3.12. The summed E-state index contributed by atoms with van der Waals surface area (Å²) in [4.78, 5) is 0. The van der Waals surface area contributed by atoms with Crippen LogP contribution in [-0.2, 0) is 4.74 Å². The Labute approximate surface area is 82.8 Å². The van der Waals surface area contributed by atoms with Gasteiger partial charge in [-0.2, -0.15) is 13.2 Å². The van der Waals surface area contributed by atoms with E-state index in [4.69, 9.17) is 4.74 Å². The molecule has 0 radical (unpaired) electrons. The monoisotopic (exact) mass is 213 g/mol. The third-order valence-corrected chi connectivity index (χ3v) is 1.67. The highest BCUT2D eigenvalue weighted by Gasteiger charge is 2.39. The summed E-state index contributed by atoms with van der Waals surface area (Å²) in [7, 11) is 0. The highest BCUT2D eigenvalue weighted by atomic mass is 19.4. The lowest BCUT2D eigenvalue weighted by molar-refractivity contribution is -0.168. The SMILES string of the molecule is CCCNC(COCCC)C(F)(F)F. The molecule has 0 saturated heterocycles. The molecule has 0 aromatic rings. The third-order valence-electron chi connectivity index (χ3n) is 1.67. The van der Waals surface area contributed by atoms with Crippen LogP contribution in [0.15, 0.2) is 0 Å². The second kappa shape index (κ2) is 7.06. The van der Waals surface area contributed by atoms with Crippen LogP contribution in [0.4, 0.5) is 13.2 Å². The number of ether oxygens (including phenoxy) is 1. The molecule has 2 nitrogen and oxygen atoms in total. The minimum absolute atomic E-state index is 0.294. The van der Waals surface area contributed by atoms with E-state index in [0.717, 1.165) is 6.42 Å². The Morgan fingerprint density at radius 2 is 1.86 bits per heavy atom. The van der Waals surface area contributed by atoms with Crippen molar-refractivity contribution in [2.45, 2.75) is 38.9 Å². The van der Waals surface area contributed by atoms with Gasteiger partial charge >= 0.3 is 6.18 Å². The number of halogens is 3. The van der Waals surface area contributed by atoms with Crippen LogP contribution in [0, 0.1) is 0 Å². The molecule has 0 aliphatic heterocycles. The van der Waals surface area contributed by atoms with Crippen LogP contribution in [0.1, 0.15) is 26.7 Å². The van der Waals surface area contributed by atoms with Gasteiger partial charge < -0.3 is 10.1 Å². The Bertz CT molecular complexity index is 139. The predicted molar refractivity (Wildman–Crippen MR) is 49.2 cm³/mol. The van der Waals surface area contributed by atoms with E-state index in [0.29, 0.717) is 19.6 Å². The van der Waals surface area contributed by atoms with Crippen LogP contribution in [0.25, 0.3) is 0 Å². The number of nitrogens with one attached hydrogen (secondary N) is 1. The maximum absolute atomic E-state index is 12.3. The van der Waals surface area contributed by atoms with Gasteiger partial charge in [0.25, 0.3) is 0 Å². The molecule has 0 aromatic carbocycles. The van der Waals surface area contributed by atoms with Gasteiger partial charge in [0.05, 0.1) is 6.61 Å². The molecule has 1 atom stereocenters. The summed E-state index contributed by atoms with van der Waals surface area (Å²) in [5, 5.41) is 2.42. The third kappa shape index (κ3) is 6.21. The van der Waals surface area contributed by atoms with Crippen molar-refractivity contribution < 1.29 is 17.9 Å². The lowest BCUT2D eigenvalue weighted by atomic mass is 10.3. The van der Waals surface area contributed by atoms with Crippen molar-refractivity contribution in [3.05, 3.63) is 0 Å². The van der Waals surface area contributed by atoms with E-state index in [2.05, 4.69) is 5.32 Å². The van der Waals surface area contributed by atoms with Crippen molar-refractivity contribution in [3.8, 4) is 0 Å². The fourth-order valence-electron chi connectivity index (χ4n) is 0.933. The summed E-state index contributed by atoms with van der Waals surface area (Å²) in [5.41, 5.74) is 0. The summed E-state index contributed by atoms with van der Waals surface area (Å²) in [6, 6.07) is -1.53. The molecule has 5 heteroatoms. The van der Waals surface area contributed by atoms with E-state index < -0.39 is 12.2 Å². The number of hydrogen-bond acceptors (Lipinski definition) is 2. The van der Waals surface area contributed by atoms with Crippen molar-refractivity contribution in [3.63, 3.8) is 0 Å². The first-order chi connectivity index (χ1) is 6.52. The average molecular weight is 213 g/mol. The maximum atomic E-state index is 12.3. The van der Waals surface area contributed by atoms with Crippen molar-refractivity contribution in [1.29, 1.82) is 0 Å². The molecule has 1 unspecified atom stereocenters. The molecule has 0 rings (SSSR count). The molecule has 0 spiro atoms. The Morgan fingerprint density at radius 3 is 2.29 bits per heavy atom. The fourth-order valence-corrected chi connectivity index (χ4v) is 0.933. The Morgan fingerprint density at radius 1 is 1.21 bits per heavy atom. The fraction of sp³-hybridized carbons (Fsp3) is 1.00. The molecule has 0 saturated carbocycles. The van der Waals surface area contributed by atoms with Gasteiger partial charge in [-0.25, -0.2) is 0 Å². The standard InChI is InChI=1S/C9H18F3NO/c1-3-5-13-8(9(10,11)12)7-14-6-4-2/h8,13H,3-7H2,1-2H3. The van der Waals surface area contributed by atoms with E-state index in [1.54, 1.807) is 0 Å². The van der Waals surface area contributed by atoms with Crippen molar-refractivity contribution in [1.82, 2.24) is 5.32 Å². The predicted octanol–water partition coefficient (Wildman–Crippen LogP) is 2.34. The van der Waals surface area contributed by atoms with Crippen molar-refractivity contribution >= 4 is 0 Å². The van der Waals surface area contributed by atoms with Gasteiger partial charge in [-0.15, -0.1) is 0 Å². The van der Waals surface area contributed by atoms with E-state index in [1.165, 1.54) is 0 Å². The Hall–Kier alpha value is -0.290. The van der Waals surface area contributed by atoms with Crippen LogP contribution in [0.5, 0.6) is 0 Å². The van der Waals surface area contributed by atoms with Gasteiger partial charge in [0.15, 0.2) is 0 Å². The molecule has 0 bridgehead atoms. The van der Waals surface area contributed by atoms with E-state index >= 15 is 0 Å². The molecular formula is C9H18F3NO. The summed E-state index contributed by atoms with van der Waals surface area (Å²) in [6.07, 6.45) is -2.80. The molecule has 0 aliphatic carbocycles. The van der Waals surface area contributed by atoms with Gasteiger partial charge in [-0.3, -0.25) is 0 Å². The Balaban J connectivity index is 3.85. The van der Waals surface area contributed by atoms with Gasteiger partial charge in [-0.1, -0.05) is 13.8 Å². The minimum Gasteiger partial charge on any atom is -0.379 e. The summed E-state index contributed by atoms with van der Waals surface area (Å²) in [5.74, 6) is 0. The number of alkyl halides is 3. The second-order valence-electron chi connectivity index (χ2n) is 3.12. The van der Waals surface area contributed by atoms with E-state index in [1.807, 2.05) is 13.8 Å². The molecule has 0 amide bonds. The maximum Gasteiger partial charge on any atom is 0.406 e. The highest BCUT2D eigenvalue weighted by Crippen LogP contribution is 2.20. The zero-order valence-electron chi connectivity index (χ0n) is 8.66. The molecule has 86 valence electrons. The van der Waals surface area contributed by atoms with E-state index in [-0.39, 0.29) is 6.61 Å². The molecule has 0 fully saturated rings. The smallest absolute Gasteiger partial charge is 0.379 e. The van der Waals surface area contributed by atoms with Crippen LogP contribution in [-0.4, -0.2) is 32.0 Å². The van der Waals surface area contributed by atoms with Gasteiger partial charge in [0.2, 0.25) is 0 Å². The first-order valence-corrected chi connectivity index (χ1v) is 4.90. The van der Waals surface area contributed by atoms with Gasteiger partial charge in [0.1, 0.15) is 6.04 Å². The Kier molecular flexibility index (Phi) is 6.92. The first kappa shape index (κ1) is 13.7. The lowest BCUT2D eigenvalue weighted by Crippen LogP contribution is -2.46. The minimum atomic E-state index is -4.22. The highest BCUT2D eigenvalue weighted by molar-refractivity contribution is 4.74. The zero-order chi connectivity index (χ0) is 11.0. The molecule has 0 aliphatic rings. The first-order valence-electron chi connectivity index (χ1n) is 4.90. The lowest BCUT2D eigenvalue weighted by Gasteiger charge is -2.21. The van der Waals surface area contributed by atoms with Crippen LogP contribution in [0.2, 0.25) is 0 Å². The summed E-state index contributed by atoms with van der Waals surface area (Å²) >= 11 is 0. The van der Waals surface area contributed by atoms with Gasteiger partial charge in [-0.05, 0) is 19.4 Å². The van der Waals surface area contributed by atoms with Crippen LogP contribution >= 0.6 is 0 Å². The molecule has 0 heterocycles. The summed E-state index contributed by atoms with van der Waals surface area (Å²) < 4.78 is 41.9. The van der Waals surface area contributed by atoms with Crippen molar-refractivity contribution in [2.24, 2.45) is 0 Å². The molecular weight excluding hydrogens is 195 g/mol. The molecule has 0 aromatic heterocycles. The number of hydrogen-bond donors (Lipinski definition) is 1. The average Bonchev–Trinajstić information content (AvgIpc) is 2.09. The largest absolute Gasteiger partial charge is 0.406 e. The zero-order valence-corrected chi connectivity index (χ0v) is 8.66. The molecule has 1 N–H and O–H groups in total. The van der Waals surface area contributed by atoms with Gasteiger partial charge in [0, 0.05) is 6.61 Å².